The van der Waals surface area contributed by atoms with E-state index in [1.807, 2.05) is 12.1 Å². The Balaban J connectivity index is 1.49. The zero-order valence-corrected chi connectivity index (χ0v) is 15.5. The van der Waals surface area contributed by atoms with Crippen LogP contribution in [0.5, 0.6) is 0 Å². The number of amides is 3. The Morgan fingerprint density at radius 1 is 0.958 bits per heavy atom. The number of hydrogen-bond donors (Lipinski definition) is 3. The number of carbonyl (C=O) groups excluding carboxylic acids is 2. The van der Waals surface area contributed by atoms with E-state index < -0.39 is 0 Å². The zero-order chi connectivity index (χ0) is 17.2. The van der Waals surface area contributed by atoms with Crippen molar-refractivity contribution in [3.05, 3.63) is 34.3 Å². The summed E-state index contributed by atoms with van der Waals surface area (Å²) >= 11 is 3.33. The molecule has 1 aromatic carbocycles. The van der Waals surface area contributed by atoms with E-state index in [2.05, 4.69) is 31.9 Å². The molecule has 1 saturated carbocycles. The maximum absolute atomic E-state index is 11.9. The first kappa shape index (κ1) is 18.8. The highest BCUT2D eigenvalue weighted by Crippen LogP contribution is 2.28. The van der Waals surface area contributed by atoms with Crippen LogP contribution in [0.4, 0.5) is 4.79 Å². The Hall–Kier alpha value is -1.56. The first-order chi connectivity index (χ1) is 11.6. The molecule has 0 unspecified atom stereocenters. The predicted molar refractivity (Wildman–Crippen MR) is 99.1 cm³/mol. The van der Waals surface area contributed by atoms with Gasteiger partial charge in [0.15, 0.2) is 0 Å². The summed E-state index contributed by atoms with van der Waals surface area (Å²) in [6, 6.07) is 6.99. The van der Waals surface area contributed by atoms with Crippen LogP contribution >= 0.6 is 15.9 Å². The second-order valence-electron chi connectivity index (χ2n) is 6.24. The van der Waals surface area contributed by atoms with Gasteiger partial charge in [0.2, 0.25) is 0 Å². The molecule has 0 saturated heterocycles. The molecule has 0 heterocycles. The fourth-order valence-electron chi connectivity index (χ4n) is 3.01. The van der Waals surface area contributed by atoms with Crippen LogP contribution in [0.25, 0.3) is 0 Å². The minimum Gasteiger partial charge on any atom is -0.350 e. The van der Waals surface area contributed by atoms with Crippen LogP contribution in [0, 0.1) is 5.92 Å². The Morgan fingerprint density at radius 2 is 1.58 bits per heavy atom. The van der Waals surface area contributed by atoms with Crippen LogP contribution in [-0.4, -0.2) is 31.6 Å². The van der Waals surface area contributed by atoms with Gasteiger partial charge in [0, 0.05) is 29.7 Å². The van der Waals surface area contributed by atoms with Gasteiger partial charge in [0.05, 0.1) is 0 Å². The number of hydrogen-bond acceptors (Lipinski definition) is 2. The lowest BCUT2D eigenvalue weighted by atomic mass is 10.0. The molecule has 0 aromatic heterocycles. The van der Waals surface area contributed by atoms with Gasteiger partial charge in [-0.1, -0.05) is 41.6 Å². The molecule has 24 heavy (non-hydrogen) atoms. The molecule has 3 amide bonds. The summed E-state index contributed by atoms with van der Waals surface area (Å²) < 4.78 is 0.935. The summed E-state index contributed by atoms with van der Waals surface area (Å²) in [5.74, 6) is 0.727. The zero-order valence-electron chi connectivity index (χ0n) is 13.9. The van der Waals surface area contributed by atoms with E-state index >= 15 is 0 Å². The topological polar surface area (TPSA) is 70.2 Å². The van der Waals surface area contributed by atoms with E-state index in [0.29, 0.717) is 25.2 Å². The number of rotatable bonds is 8. The second-order valence-corrected chi connectivity index (χ2v) is 7.15. The van der Waals surface area contributed by atoms with Gasteiger partial charge in [-0.2, -0.15) is 0 Å². The number of benzene rings is 1. The summed E-state index contributed by atoms with van der Waals surface area (Å²) in [5, 5.41) is 8.40. The van der Waals surface area contributed by atoms with E-state index in [4.69, 9.17) is 0 Å². The highest BCUT2D eigenvalue weighted by atomic mass is 79.9. The van der Waals surface area contributed by atoms with Gasteiger partial charge in [-0.3, -0.25) is 4.79 Å². The van der Waals surface area contributed by atoms with Crippen molar-refractivity contribution < 1.29 is 9.59 Å². The molecular weight excluding hydrogens is 370 g/mol. The SMILES string of the molecule is O=C(NCCCC1CCCC1)NCCNC(=O)c1ccc(Br)cc1. The van der Waals surface area contributed by atoms with Gasteiger partial charge < -0.3 is 16.0 Å². The average molecular weight is 396 g/mol. The van der Waals surface area contributed by atoms with Crippen LogP contribution in [0.15, 0.2) is 28.7 Å². The molecular formula is C18H26BrN3O2. The maximum Gasteiger partial charge on any atom is 0.314 e. The first-order valence-electron chi connectivity index (χ1n) is 8.70. The van der Waals surface area contributed by atoms with Gasteiger partial charge in [-0.25, -0.2) is 4.79 Å². The molecule has 1 aromatic rings. The third kappa shape index (κ3) is 6.91. The van der Waals surface area contributed by atoms with E-state index in [9.17, 15) is 9.59 Å². The van der Waals surface area contributed by atoms with Crippen LogP contribution in [-0.2, 0) is 0 Å². The number of urea groups is 1. The molecule has 5 nitrogen and oxygen atoms in total. The molecule has 132 valence electrons. The van der Waals surface area contributed by atoms with Gasteiger partial charge in [0.1, 0.15) is 0 Å². The van der Waals surface area contributed by atoms with Crippen LogP contribution < -0.4 is 16.0 Å². The van der Waals surface area contributed by atoms with Crippen molar-refractivity contribution in [2.45, 2.75) is 38.5 Å². The Kier molecular flexibility index (Phi) is 8.08. The molecule has 1 aliphatic carbocycles. The lowest BCUT2D eigenvalue weighted by Gasteiger charge is -2.10. The van der Waals surface area contributed by atoms with E-state index in [-0.39, 0.29) is 11.9 Å². The molecule has 1 fully saturated rings. The van der Waals surface area contributed by atoms with Crippen molar-refractivity contribution >= 4 is 27.9 Å². The minimum atomic E-state index is -0.167. The van der Waals surface area contributed by atoms with Gasteiger partial charge in [0.25, 0.3) is 5.91 Å². The van der Waals surface area contributed by atoms with Crippen molar-refractivity contribution in [3.8, 4) is 0 Å². The molecule has 2 rings (SSSR count). The Labute approximate surface area is 152 Å². The standard InChI is InChI=1S/C18H26BrN3O2/c19-16-9-7-15(8-10-16)17(23)20-12-13-22-18(24)21-11-3-6-14-4-1-2-5-14/h7-10,14H,1-6,11-13H2,(H,20,23)(H2,21,22,24). The van der Waals surface area contributed by atoms with Gasteiger partial charge in [-0.05, 0) is 43.0 Å². The lowest BCUT2D eigenvalue weighted by molar-refractivity contribution is 0.0954. The quantitative estimate of drug-likeness (QED) is 0.589. The van der Waals surface area contributed by atoms with E-state index in [0.717, 1.165) is 16.8 Å². The molecule has 0 atom stereocenters. The molecule has 3 N–H and O–H groups in total. The molecule has 0 aliphatic heterocycles. The summed E-state index contributed by atoms with van der Waals surface area (Å²) in [6.07, 6.45) is 7.69. The predicted octanol–water partition coefficient (Wildman–Crippen LogP) is 3.45. The van der Waals surface area contributed by atoms with Crippen molar-refractivity contribution in [2.24, 2.45) is 5.92 Å². The molecule has 0 bridgehead atoms. The van der Waals surface area contributed by atoms with Gasteiger partial charge >= 0.3 is 6.03 Å². The molecule has 0 spiro atoms. The van der Waals surface area contributed by atoms with Crippen molar-refractivity contribution in [1.29, 1.82) is 0 Å². The smallest absolute Gasteiger partial charge is 0.314 e. The summed E-state index contributed by atoms with van der Waals surface area (Å²) in [4.78, 5) is 23.5. The maximum atomic E-state index is 11.9. The van der Waals surface area contributed by atoms with Crippen LogP contribution in [0.1, 0.15) is 48.9 Å². The van der Waals surface area contributed by atoms with Gasteiger partial charge in [-0.15, -0.1) is 0 Å². The third-order valence-corrected chi connectivity index (χ3v) is 4.88. The van der Waals surface area contributed by atoms with E-state index in [1.54, 1.807) is 12.1 Å². The molecule has 0 radical (unpaired) electrons. The molecule has 6 heteroatoms. The first-order valence-corrected chi connectivity index (χ1v) is 9.50. The number of halogens is 1. The van der Waals surface area contributed by atoms with Crippen LogP contribution in [0.2, 0.25) is 0 Å². The Morgan fingerprint density at radius 3 is 2.29 bits per heavy atom. The largest absolute Gasteiger partial charge is 0.350 e. The number of nitrogens with one attached hydrogen (secondary N) is 3. The van der Waals surface area contributed by atoms with Crippen molar-refractivity contribution in [1.82, 2.24) is 16.0 Å². The van der Waals surface area contributed by atoms with E-state index in [1.165, 1.54) is 32.1 Å². The minimum absolute atomic E-state index is 0.138. The summed E-state index contributed by atoms with van der Waals surface area (Å²) in [6.45, 7) is 1.54. The average Bonchev–Trinajstić information content (AvgIpc) is 3.09. The van der Waals surface area contributed by atoms with Crippen molar-refractivity contribution in [2.75, 3.05) is 19.6 Å². The highest BCUT2D eigenvalue weighted by molar-refractivity contribution is 9.10. The lowest BCUT2D eigenvalue weighted by Crippen LogP contribution is -2.40. The highest BCUT2D eigenvalue weighted by Gasteiger charge is 2.14. The third-order valence-electron chi connectivity index (χ3n) is 4.35. The van der Waals surface area contributed by atoms with Crippen molar-refractivity contribution in [3.63, 3.8) is 0 Å². The summed E-state index contributed by atoms with van der Waals surface area (Å²) in [5.41, 5.74) is 0.606. The second kappa shape index (κ2) is 10.3. The fraction of sp³-hybridized carbons (Fsp3) is 0.556. The monoisotopic (exact) mass is 395 g/mol. The number of carbonyl (C=O) groups is 2. The molecule has 1 aliphatic rings. The Bertz CT molecular complexity index is 528. The summed E-state index contributed by atoms with van der Waals surface area (Å²) in [7, 11) is 0. The fourth-order valence-corrected chi connectivity index (χ4v) is 3.27. The normalized spacial score (nSPS) is 14.4. The van der Waals surface area contributed by atoms with Crippen LogP contribution in [0.3, 0.4) is 0 Å².